The molecule has 28 heavy (non-hydrogen) atoms. The molecule has 0 heterocycles. The fourth-order valence-electron chi connectivity index (χ4n) is 2.96. The van der Waals surface area contributed by atoms with Crippen LogP contribution in [-0.2, 0) is 6.42 Å². The first-order valence-corrected chi connectivity index (χ1v) is 9.29. The lowest BCUT2D eigenvalue weighted by molar-refractivity contribution is 0.0979. The Labute approximate surface area is 167 Å². The Kier molecular flexibility index (Phi) is 7.88. The molecule has 2 aromatic rings. The van der Waals surface area contributed by atoms with Crippen molar-refractivity contribution in [2.45, 2.75) is 26.7 Å². The summed E-state index contributed by atoms with van der Waals surface area (Å²) in [5, 5.41) is 0. The summed E-state index contributed by atoms with van der Waals surface area (Å²) in [6.45, 7) is 12.1. The van der Waals surface area contributed by atoms with Gasteiger partial charge in [0.15, 0.2) is 5.78 Å². The van der Waals surface area contributed by atoms with Crippen molar-refractivity contribution in [2.75, 3.05) is 20.3 Å². The highest BCUT2D eigenvalue weighted by atomic mass is 16.5. The van der Waals surface area contributed by atoms with E-state index in [1.54, 1.807) is 37.5 Å². The van der Waals surface area contributed by atoms with E-state index >= 15 is 0 Å². The quantitative estimate of drug-likeness (QED) is 0.394. The smallest absolute Gasteiger partial charge is 0.166 e. The second-order valence-corrected chi connectivity index (χ2v) is 6.48. The predicted octanol–water partition coefficient (Wildman–Crippen LogP) is 5.26. The molecule has 2 aromatic carbocycles. The second kappa shape index (κ2) is 10.4. The molecule has 0 bridgehead atoms. The zero-order valence-electron chi connectivity index (χ0n) is 16.9. The van der Waals surface area contributed by atoms with E-state index in [1.165, 1.54) is 5.56 Å². The van der Waals surface area contributed by atoms with Crippen molar-refractivity contribution >= 4 is 5.78 Å². The van der Waals surface area contributed by atoms with E-state index in [4.69, 9.17) is 14.2 Å². The van der Waals surface area contributed by atoms with Crippen molar-refractivity contribution in [1.29, 1.82) is 0 Å². The molecule has 0 aromatic heterocycles. The molecular formula is C24H28O4. The molecule has 4 nitrogen and oxygen atoms in total. The largest absolute Gasteiger partial charge is 0.496 e. The maximum absolute atomic E-state index is 12.9. The minimum Gasteiger partial charge on any atom is -0.496 e. The normalized spacial score (nSPS) is 10.2. The van der Waals surface area contributed by atoms with Gasteiger partial charge in [0.25, 0.3) is 0 Å². The number of carbonyl (C=O) groups is 1. The van der Waals surface area contributed by atoms with E-state index in [2.05, 4.69) is 19.2 Å². The fourth-order valence-corrected chi connectivity index (χ4v) is 2.96. The highest BCUT2D eigenvalue weighted by Gasteiger charge is 2.16. The summed E-state index contributed by atoms with van der Waals surface area (Å²) in [5.41, 5.74) is 3.84. The van der Waals surface area contributed by atoms with E-state index in [1.807, 2.05) is 19.9 Å². The predicted molar refractivity (Wildman–Crippen MR) is 113 cm³/mol. The Hall–Kier alpha value is -3.01. The molecule has 0 saturated heterocycles. The number of methoxy groups -OCH3 is 1. The topological polar surface area (TPSA) is 44.8 Å². The highest BCUT2D eigenvalue weighted by molar-refractivity contribution is 5.99. The average Bonchev–Trinajstić information content (AvgIpc) is 2.71. The molecule has 0 N–H and O–H groups in total. The average molecular weight is 380 g/mol. The van der Waals surface area contributed by atoms with Gasteiger partial charge in [0.2, 0.25) is 0 Å². The van der Waals surface area contributed by atoms with Gasteiger partial charge >= 0.3 is 0 Å². The number of aryl methyl sites for hydroxylation is 2. The van der Waals surface area contributed by atoms with Crippen LogP contribution in [0, 0.1) is 13.8 Å². The monoisotopic (exact) mass is 380 g/mol. The molecule has 0 atom stereocenters. The van der Waals surface area contributed by atoms with Gasteiger partial charge in [-0.2, -0.15) is 0 Å². The first-order chi connectivity index (χ1) is 13.5. The van der Waals surface area contributed by atoms with Crippen LogP contribution in [0.15, 0.2) is 55.6 Å². The number of ether oxygens (including phenoxy) is 3. The lowest BCUT2D eigenvalue weighted by Crippen LogP contribution is -2.07. The molecule has 0 spiro atoms. The highest BCUT2D eigenvalue weighted by Crippen LogP contribution is 2.30. The number of hydrogen-bond donors (Lipinski definition) is 0. The van der Waals surface area contributed by atoms with Crippen LogP contribution in [0.3, 0.4) is 0 Å². The van der Waals surface area contributed by atoms with Crippen molar-refractivity contribution in [1.82, 2.24) is 0 Å². The van der Waals surface area contributed by atoms with Gasteiger partial charge in [0.1, 0.15) is 30.5 Å². The Morgan fingerprint density at radius 3 is 2.43 bits per heavy atom. The van der Waals surface area contributed by atoms with E-state index in [-0.39, 0.29) is 5.78 Å². The molecule has 2 rings (SSSR count). The number of rotatable bonds is 11. The van der Waals surface area contributed by atoms with Gasteiger partial charge < -0.3 is 14.2 Å². The summed E-state index contributed by atoms with van der Waals surface area (Å²) < 4.78 is 16.8. The van der Waals surface area contributed by atoms with E-state index in [0.717, 1.165) is 16.9 Å². The molecule has 0 amide bonds. The second-order valence-electron chi connectivity index (χ2n) is 6.48. The molecule has 0 aliphatic heterocycles. The maximum Gasteiger partial charge on any atom is 0.166 e. The molecule has 4 heteroatoms. The lowest BCUT2D eigenvalue weighted by atomic mass is 9.98. The molecule has 0 unspecified atom stereocenters. The van der Waals surface area contributed by atoms with Crippen LogP contribution in [0.2, 0.25) is 0 Å². The minimum atomic E-state index is 0.00890. The number of carbonyl (C=O) groups excluding carboxylic acids is 1. The first kappa shape index (κ1) is 21.3. The summed E-state index contributed by atoms with van der Waals surface area (Å²) in [4.78, 5) is 12.9. The Morgan fingerprint density at radius 1 is 1.04 bits per heavy atom. The van der Waals surface area contributed by atoms with Gasteiger partial charge in [-0.05, 0) is 49.1 Å². The van der Waals surface area contributed by atoms with Crippen molar-refractivity contribution < 1.29 is 19.0 Å². The molecule has 0 aliphatic rings. The van der Waals surface area contributed by atoms with Crippen LogP contribution >= 0.6 is 0 Å². The minimum absolute atomic E-state index is 0.00890. The number of ketones is 1. The lowest BCUT2D eigenvalue weighted by Gasteiger charge is -2.14. The first-order valence-electron chi connectivity index (χ1n) is 9.29. The van der Waals surface area contributed by atoms with Crippen LogP contribution in [0.5, 0.6) is 17.2 Å². The van der Waals surface area contributed by atoms with Gasteiger partial charge in [0.05, 0.1) is 12.7 Å². The molecule has 148 valence electrons. The van der Waals surface area contributed by atoms with Gasteiger partial charge in [-0.15, -0.1) is 0 Å². The SMILES string of the molecule is C=CCOc1ccc(C(=O)CCc2ccc(C)c(C)c2OC)c(OCC=C)c1. The third kappa shape index (κ3) is 5.26. The van der Waals surface area contributed by atoms with Crippen LogP contribution in [-0.4, -0.2) is 26.1 Å². The van der Waals surface area contributed by atoms with Crippen LogP contribution in [0.25, 0.3) is 0 Å². The maximum atomic E-state index is 12.9. The van der Waals surface area contributed by atoms with E-state index in [9.17, 15) is 4.79 Å². The summed E-state index contributed by atoms with van der Waals surface area (Å²) in [7, 11) is 1.66. The van der Waals surface area contributed by atoms with E-state index in [0.29, 0.717) is 43.1 Å². The van der Waals surface area contributed by atoms with Crippen molar-refractivity contribution in [3.05, 3.63) is 77.9 Å². The Balaban J connectivity index is 2.20. The number of benzene rings is 2. The summed E-state index contributed by atoms with van der Waals surface area (Å²) in [6, 6.07) is 9.33. The summed E-state index contributed by atoms with van der Waals surface area (Å²) in [6.07, 6.45) is 4.26. The third-order valence-corrected chi connectivity index (χ3v) is 4.56. The summed E-state index contributed by atoms with van der Waals surface area (Å²) >= 11 is 0. The molecular weight excluding hydrogens is 352 g/mol. The molecule has 0 fully saturated rings. The number of hydrogen-bond acceptors (Lipinski definition) is 4. The zero-order valence-corrected chi connectivity index (χ0v) is 16.9. The molecule has 0 saturated carbocycles. The van der Waals surface area contributed by atoms with Gasteiger partial charge in [-0.25, -0.2) is 0 Å². The van der Waals surface area contributed by atoms with Crippen molar-refractivity contribution in [2.24, 2.45) is 0 Å². The van der Waals surface area contributed by atoms with Gasteiger partial charge in [-0.1, -0.05) is 37.4 Å². The zero-order chi connectivity index (χ0) is 20.5. The standard InChI is InChI=1S/C24H28O4/c1-6-14-27-20-11-12-21(23(16-20)28-15-7-2)22(25)13-10-19-9-8-17(3)18(4)24(19)26-5/h6-9,11-12,16H,1-2,10,13-15H2,3-5H3. The summed E-state index contributed by atoms with van der Waals surface area (Å²) in [5.74, 6) is 1.99. The third-order valence-electron chi connectivity index (χ3n) is 4.56. The Morgan fingerprint density at radius 2 is 1.75 bits per heavy atom. The van der Waals surface area contributed by atoms with Crippen LogP contribution in [0.1, 0.15) is 33.5 Å². The number of Topliss-reactive ketones (excluding diaryl/α,β-unsaturated/α-hetero) is 1. The molecule has 0 radical (unpaired) electrons. The fraction of sp³-hybridized carbons (Fsp3) is 0.292. The van der Waals surface area contributed by atoms with Crippen LogP contribution in [0.4, 0.5) is 0 Å². The van der Waals surface area contributed by atoms with E-state index < -0.39 is 0 Å². The van der Waals surface area contributed by atoms with Crippen molar-refractivity contribution in [3.8, 4) is 17.2 Å². The molecule has 0 aliphatic carbocycles. The Bertz CT molecular complexity index is 852. The van der Waals surface area contributed by atoms with Crippen molar-refractivity contribution in [3.63, 3.8) is 0 Å². The van der Waals surface area contributed by atoms with Gasteiger partial charge in [-0.3, -0.25) is 4.79 Å². The van der Waals surface area contributed by atoms with Crippen LogP contribution < -0.4 is 14.2 Å². The van der Waals surface area contributed by atoms with Gasteiger partial charge in [0, 0.05) is 12.5 Å².